The van der Waals surface area contributed by atoms with Crippen molar-refractivity contribution in [2.45, 2.75) is 68.0 Å². The number of hydrogen-bond acceptors (Lipinski definition) is 5. The van der Waals surface area contributed by atoms with E-state index in [-0.39, 0.29) is 23.5 Å². The van der Waals surface area contributed by atoms with Crippen molar-refractivity contribution >= 4 is 23.2 Å². The number of carbonyl (C=O) groups excluding carboxylic acids is 2. The second kappa shape index (κ2) is 7.24. The standard InChI is InChI=1S/C22H26F2N4O2S/c23-22(24)9-16(10-25)28(13-22)18(29)11-26-20-5-14-4-15(6-20)8-21(7-14,12-20)27-19(30)17-2-1-3-31-17/h1-3,14-16,26H,4-9,11-13H2,(H,27,30). The average Bonchev–Trinajstić information content (AvgIpc) is 3.32. The Morgan fingerprint density at radius 2 is 1.90 bits per heavy atom. The van der Waals surface area contributed by atoms with Crippen LogP contribution in [0.15, 0.2) is 17.5 Å². The molecule has 4 aliphatic carbocycles. The molecule has 2 N–H and O–H groups in total. The summed E-state index contributed by atoms with van der Waals surface area (Å²) in [5, 5.41) is 17.8. The van der Waals surface area contributed by atoms with Gasteiger partial charge in [-0.05, 0) is 61.8 Å². The van der Waals surface area contributed by atoms with Crippen molar-refractivity contribution in [3.63, 3.8) is 0 Å². The van der Waals surface area contributed by atoms with E-state index in [1.807, 2.05) is 23.6 Å². The first-order valence-corrected chi connectivity index (χ1v) is 11.8. The van der Waals surface area contributed by atoms with E-state index in [0.717, 1.165) is 43.4 Å². The second-order valence-electron chi connectivity index (χ2n) is 10.0. The lowest BCUT2D eigenvalue weighted by molar-refractivity contribution is -0.133. The zero-order chi connectivity index (χ0) is 21.9. The molecular formula is C22H26F2N4O2S. The van der Waals surface area contributed by atoms with Crippen LogP contribution in [0.1, 0.15) is 54.6 Å². The number of carbonyl (C=O) groups is 2. The van der Waals surface area contributed by atoms with Gasteiger partial charge < -0.3 is 15.5 Å². The van der Waals surface area contributed by atoms with Gasteiger partial charge in [-0.3, -0.25) is 9.59 Å². The van der Waals surface area contributed by atoms with E-state index in [1.165, 1.54) is 11.3 Å². The number of thiophene rings is 1. The van der Waals surface area contributed by atoms with Crippen molar-refractivity contribution < 1.29 is 18.4 Å². The summed E-state index contributed by atoms with van der Waals surface area (Å²) in [6, 6.07) is 4.45. The molecule has 2 heterocycles. The Kier molecular flexibility index (Phi) is 4.87. The van der Waals surface area contributed by atoms with Crippen LogP contribution in [0.3, 0.4) is 0 Å². The average molecular weight is 449 g/mol. The van der Waals surface area contributed by atoms with Crippen molar-refractivity contribution in [1.29, 1.82) is 5.26 Å². The van der Waals surface area contributed by atoms with Gasteiger partial charge in [-0.1, -0.05) is 6.07 Å². The van der Waals surface area contributed by atoms with E-state index in [1.54, 1.807) is 0 Å². The molecule has 31 heavy (non-hydrogen) atoms. The number of nitrogens with one attached hydrogen (secondary N) is 2. The van der Waals surface area contributed by atoms with Gasteiger partial charge in [0.1, 0.15) is 6.04 Å². The molecule has 4 bridgehead atoms. The summed E-state index contributed by atoms with van der Waals surface area (Å²) in [4.78, 5) is 27.2. The topological polar surface area (TPSA) is 85.2 Å². The normalized spacial score (nSPS) is 37.6. The minimum absolute atomic E-state index is 0.0423. The minimum atomic E-state index is -3.01. The van der Waals surface area contributed by atoms with Crippen LogP contribution in [0.25, 0.3) is 0 Å². The van der Waals surface area contributed by atoms with E-state index in [4.69, 9.17) is 0 Å². The SMILES string of the molecule is N#CC1CC(F)(F)CN1C(=O)CNC12CC3CC(C1)CC(NC(=O)c1cccs1)(C3)C2. The lowest BCUT2D eigenvalue weighted by atomic mass is 9.50. The zero-order valence-electron chi connectivity index (χ0n) is 17.2. The van der Waals surface area contributed by atoms with Crippen molar-refractivity contribution in [2.24, 2.45) is 11.8 Å². The first-order chi connectivity index (χ1) is 14.7. The molecule has 1 saturated heterocycles. The molecule has 4 saturated carbocycles. The molecule has 2 amide bonds. The highest BCUT2D eigenvalue weighted by atomic mass is 32.1. The maximum absolute atomic E-state index is 13.7. The molecule has 1 aromatic heterocycles. The van der Waals surface area contributed by atoms with Crippen LogP contribution in [0.4, 0.5) is 8.78 Å². The Morgan fingerprint density at radius 3 is 2.55 bits per heavy atom. The highest BCUT2D eigenvalue weighted by Gasteiger charge is 2.58. The predicted molar refractivity (Wildman–Crippen MR) is 111 cm³/mol. The third-order valence-corrected chi connectivity index (χ3v) is 8.41. The number of halogens is 2. The Balaban J connectivity index is 1.28. The van der Waals surface area contributed by atoms with Crippen LogP contribution < -0.4 is 10.6 Å². The number of nitriles is 1. The molecule has 0 radical (unpaired) electrons. The summed E-state index contributed by atoms with van der Waals surface area (Å²) in [6.07, 6.45) is 5.07. The maximum atomic E-state index is 13.7. The summed E-state index contributed by atoms with van der Waals surface area (Å²) in [5.41, 5.74) is -0.552. The van der Waals surface area contributed by atoms with E-state index in [0.29, 0.717) is 16.7 Å². The van der Waals surface area contributed by atoms with Gasteiger partial charge in [-0.15, -0.1) is 11.3 Å². The van der Waals surface area contributed by atoms with Crippen molar-refractivity contribution in [2.75, 3.05) is 13.1 Å². The second-order valence-corrected chi connectivity index (χ2v) is 11.0. The molecule has 6 rings (SSSR count). The molecule has 6 nitrogen and oxygen atoms in total. The zero-order valence-corrected chi connectivity index (χ0v) is 18.0. The van der Waals surface area contributed by atoms with Crippen molar-refractivity contribution in [1.82, 2.24) is 15.5 Å². The third kappa shape index (κ3) is 3.85. The first kappa shape index (κ1) is 20.8. The van der Waals surface area contributed by atoms with E-state index >= 15 is 0 Å². The first-order valence-electron chi connectivity index (χ1n) is 10.9. The number of amides is 2. The molecule has 166 valence electrons. The fraction of sp³-hybridized carbons (Fsp3) is 0.682. The molecule has 1 aliphatic heterocycles. The van der Waals surface area contributed by atoms with Crippen LogP contribution in [0.2, 0.25) is 0 Å². The summed E-state index contributed by atoms with van der Waals surface area (Å²) >= 11 is 1.42. The van der Waals surface area contributed by atoms with Crippen molar-refractivity contribution in [3.8, 4) is 6.07 Å². The Morgan fingerprint density at radius 1 is 1.19 bits per heavy atom. The lowest BCUT2D eigenvalue weighted by Gasteiger charge is -2.62. The highest BCUT2D eigenvalue weighted by Crippen LogP contribution is 2.57. The Hall–Kier alpha value is -2.05. The summed E-state index contributed by atoms with van der Waals surface area (Å²) in [6.45, 7) is -0.743. The molecular weight excluding hydrogens is 422 g/mol. The van der Waals surface area contributed by atoms with Gasteiger partial charge in [0.05, 0.1) is 24.0 Å². The fourth-order valence-corrected chi connectivity index (χ4v) is 7.50. The highest BCUT2D eigenvalue weighted by molar-refractivity contribution is 7.12. The number of likely N-dealkylation sites (tertiary alicyclic amines) is 1. The van der Waals surface area contributed by atoms with Gasteiger partial charge in [-0.25, -0.2) is 8.78 Å². The van der Waals surface area contributed by atoms with Crippen LogP contribution in [0.5, 0.6) is 0 Å². The van der Waals surface area contributed by atoms with Gasteiger partial charge in [0.15, 0.2) is 0 Å². The van der Waals surface area contributed by atoms with Crippen LogP contribution in [-0.2, 0) is 4.79 Å². The summed E-state index contributed by atoms with van der Waals surface area (Å²) in [7, 11) is 0. The third-order valence-electron chi connectivity index (χ3n) is 7.54. The number of hydrogen-bond donors (Lipinski definition) is 2. The predicted octanol–water partition coefficient (Wildman–Crippen LogP) is 2.92. The lowest BCUT2D eigenvalue weighted by Crippen LogP contribution is -2.69. The van der Waals surface area contributed by atoms with E-state index in [2.05, 4.69) is 10.6 Å². The fourth-order valence-electron chi connectivity index (χ4n) is 6.88. The van der Waals surface area contributed by atoms with Gasteiger partial charge in [0.2, 0.25) is 5.91 Å². The summed E-state index contributed by atoms with van der Waals surface area (Å²) < 4.78 is 27.5. The molecule has 9 heteroatoms. The van der Waals surface area contributed by atoms with Crippen molar-refractivity contribution in [3.05, 3.63) is 22.4 Å². The largest absolute Gasteiger partial charge is 0.346 e. The van der Waals surface area contributed by atoms with Crippen LogP contribution in [-0.4, -0.2) is 52.8 Å². The van der Waals surface area contributed by atoms with Gasteiger partial charge in [-0.2, -0.15) is 5.26 Å². The Labute approximate surface area is 184 Å². The molecule has 0 spiro atoms. The smallest absolute Gasteiger partial charge is 0.268 e. The maximum Gasteiger partial charge on any atom is 0.268 e. The molecule has 3 unspecified atom stereocenters. The van der Waals surface area contributed by atoms with E-state index in [9.17, 15) is 23.6 Å². The quantitative estimate of drug-likeness (QED) is 0.725. The molecule has 1 aromatic rings. The monoisotopic (exact) mass is 448 g/mol. The Bertz CT molecular complexity index is 914. The number of alkyl halides is 2. The molecule has 5 fully saturated rings. The van der Waals surface area contributed by atoms with Crippen LogP contribution >= 0.6 is 11.3 Å². The molecule has 3 atom stereocenters. The van der Waals surface area contributed by atoms with Crippen LogP contribution in [0, 0.1) is 23.2 Å². The minimum Gasteiger partial charge on any atom is -0.346 e. The van der Waals surface area contributed by atoms with Gasteiger partial charge >= 0.3 is 0 Å². The summed E-state index contributed by atoms with van der Waals surface area (Å²) in [5.74, 6) is -2.53. The van der Waals surface area contributed by atoms with E-state index < -0.39 is 30.8 Å². The van der Waals surface area contributed by atoms with Gasteiger partial charge in [0.25, 0.3) is 11.8 Å². The molecule has 5 aliphatic rings. The number of rotatable bonds is 5. The van der Waals surface area contributed by atoms with Gasteiger partial charge in [0, 0.05) is 17.5 Å². The number of nitrogens with zero attached hydrogens (tertiary/aromatic N) is 2. The molecule has 0 aromatic carbocycles.